The zero-order valence-corrected chi connectivity index (χ0v) is 8.96. The van der Waals surface area contributed by atoms with Gasteiger partial charge in [-0.3, -0.25) is 0 Å². The number of benzene rings is 1. The second-order valence-corrected chi connectivity index (χ2v) is 3.46. The lowest BCUT2D eigenvalue weighted by Gasteiger charge is -2.16. The van der Waals surface area contributed by atoms with Gasteiger partial charge in [-0.15, -0.1) is 0 Å². The molecule has 1 unspecified atom stereocenters. The second-order valence-electron chi connectivity index (χ2n) is 3.46. The van der Waals surface area contributed by atoms with Crippen LogP contribution in [0.15, 0.2) is 6.07 Å². The van der Waals surface area contributed by atoms with Crippen LogP contribution >= 0.6 is 0 Å². The molecule has 3 heteroatoms. The van der Waals surface area contributed by atoms with Crippen LogP contribution in [0.5, 0.6) is 11.5 Å². The van der Waals surface area contributed by atoms with Crippen LogP contribution in [-0.2, 0) is 0 Å². The molecule has 1 rings (SSSR count). The van der Waals surface area contributed by atoms with Gasteiger partial charge < -0.3 is 14.9 Å². The van der Waals surface area contributed by atoms with Crippen LogP contribution in [0.1, 0.15) is 29.7 Å². The van der Waals surface area contributed by atoms with Crippen LogP contribution in [0, 0.1) is 13.8 Å². The van der Waals surface area contributed by atoms with Crippen LogP contribution in [0.3, 0.4) is 0 Å². The summed E-state index contributed by atoms with van der Waals surface area (Å²) in [7, 11) is 1.56. The summed E-state index contributed by atoms with van der Waals surface area (Å²) in [6.07, 6.45) is -0.667. The third-order valence-corrected chi connectivity index (χ3v) is 2.39. The first kappa shape index (κ1) is 10.9. The molecule has 0 aliphatic rings. The van der Waals surface area contributed by atoms with Crippen LogP contribution < -0.4 is 4.74 Å². The minimum atomic E-state index is -0.667. The van der Waals surface area contributed by atoms with Gasteiger partial charge in [-0.25, -0.2) is 0 Å². The van der Waals surface area contributed by atoms with Crippen molar-refractivity contribution in [3.8, 4) is 11.5 Å². The van der Waals surface area contributed by atoms with Gasteiger partial charge in [0.15, 0.2) is 0 Å². The van der Waals surface area contributed by atoms with Crippen molar-refractivity contribution in [3.05, 3.63) is 22.8 Å². The van der Waals surface area contributed by atoms with E-state index in [1.165, 1.54) is 0 Å². The molecular weight excluding hydrogens is 180 g/mol. The number of phenols is 1. The number of phenolic OH excluding ortho intramolecular Hbond substituents is 1. The van der Waals surface area contributed by atoms with Gasteiger partial charge >= 0.3 is 0 Å². The molecule has 0 spiro atoms. The highest BCUT2D eigenvalue weighted by Gasteiger charge is 2.16. The van der Waals surface area contributed by atoms with Crippen LogP contribution in [0.4, 0.5) is 0 Å². The molecule has 0 aliphatic carbocycles. The van der Waals surface area contributed by atoms with E-state index in [0.29, 0.717) is 16.9 Å². The minimum Gasteiger partial charge on any atom is -0.507 e. The zero-order chi connectivity index (χ0) is 10.9. The first-order chi connectivity index (χ1) is 6.49. The highest BCUT2D eigenvalue weighted by Crippen LogP contribution is 2.36. The standard InChI is InChI=1S/C11H16O3/c1-6-5-9(14-4)7(2)11(13)10(6)8(3)12/h5,8,12-13H,1-4H3. The van der Waals surface area contributed by atoms with Crippen molar-refractivity contribution in [2.24, 2.45) is 0 Å². The lowest BCUT2D eigenvalue weighted by molar-refractivity contribution is 0.193. The fraction of sp³-hybridized carbons (Fsp3) is 0.455. The van der Waals surface area contributed by atoms with E-state index in [0.717, 1.165) is 5.56 Å². The Balaban J connectivity index is 3.41. The van der Waals surface area contributed by atoms with E-state index in [4.69, 9.17) is 4.74 Å². The molecule has 1 aromatic rings. The Bertz CT molecular complexity index is 343. The summed E-state index contributed by atoms with van der Waals surface area (Å²) in [4.78, 5) is 0. The molecule has 0 fully saturated rings. The Labute approximate surface area is 84.0 Å². The van der Waals surface area contributed by atoms with Gasteiger partial charge in [0.1, 0.15) is 11.5 Å². The predicted molar refractivity (Wildman–Crippen MR) is 54.8 cm³/mol. The Hall–Kier alpha value is -1.22. The van der Waals surface area contributed by atoms with Gasteiger partial charge in [-0.2, -0.15) is 0 Å². The normalized spacial score (nSPS) is 12.6. The Kier molecular flexibility index (Phi) is 3.01. The highest BCUT2D eigenvalue weighted by molar-refractivity contribution is 5.53. The van der Waals surface area contributed by atoms with E-state index in [9.17, 15) is 10.2 Å². The fourth-order valence-electron chi connectivity index (χ4n) is 1.63. The second kappa shape index (κ2) is 3.88. The summed E-state index contributed by atoms with van der Waals surface area (Å²) in [6.45, 7) is 5.23. The minimum absolute atomic E-state index is 0.122. The predicted octanol–water partition coefficient (Wildman–Crippen LogP) is 2.07. The molecule has 14 heavy (non-hydrogen) atoms. The molecule has 1 atom stereocenters. The summed E-state index contributed by atoms with van der Waals surface area (Å²) < 4.78 is 5.10. The maximum absolute atomic E-state index is 9.82. The molecule has 0 amide bonds. The van der Waals surface area contributed by atoms with E-state index >= 15 is 0 Å². The Morgan fingerprint density at radius 1 is 1.36 bits per heavy atom. The summed E-state index contributed by atoms with van der Waals surface area (Å²) in [6, 6.07) is 1.82. The summed E-state index contributed by atoms with van der Waals surface area (Å²) in [5.74, 6) is 0.765. The number of rotatable bonds is 2. The SMILES string of the molecule is COc1cc(C)c(C(C)O)c(O)c1C. The maximum Gasteiger partial charge on any atom is 0.128 e. The van der Waals surface area contributed by atoms with Crippen molar-refractivity contribution in [1.82, 2.24) is 0 Å². The van der Waals surface area contributed by atoms with Crippen molar-refractivity contribution >= 4 is 0 Å². The number of aromatic hydroxyl groups is 1. The van der Waals surface area contributed by atoms with Crippen LogP contribution in [0.25, 0.3) is 0 Å². The van der Waals surface area contributed by atoms with Crippen molar-refractivity contribution in [1.29, 1.82) is 0 Å². The summed E-state index contributed by atoms with van der Waals surface area (Å²) in [5, 5.41) is 19.3. The van der Waals surface area contributed by atoms with Gasteiger partial charge in [0.25, 0.3) is 0 Å². The van der Waals surface area contributed by atoms with Crippen LogP contribution in [0.2, 0.25) is 0 Å². The van der Waals surface area contributed by atoms with Gasteiger partial charge in [-0.1, -0.05) is 0 Å². The van der Waals surface area contributed by atoms with E-state index in [2.05, 4.69) is 0 Å². The number of hydrogen-bond acceptors (Lipinski definition) is 3. The van der Waals surface area contributed by atoms with Gasteiger partial charge in [0.2, 0.25) is 0 Å². The Morgan fingerprint density at radius 2 is 1.93 bits per heavy atom. The number of methoxy groups -OCH3 is 1. The molecule has 0 saturated carbocycles. The summed E-state index contributed by atoms with van der Waals surface area (Å²) in [5.41, 5.74) is 2.07. The number of aryl methyl sites for hydroxylation is 1. The lowest BCUT2D eigenvalue weighted by Crippen LogP contribution is -1.99. The van der Waals surface area contributed by atoms with Gasteiger partial charge in [0.05, 0.1) is 13.2 Å². The molecule has 3 nitrogen and oxygen atoms in total. The maximum atomic E-state index is 9.82. The van der Waals surface area contributed by atoms with E-state index in [1.54, 1.807) is 21.0 Å². The zero-order valence-electron chi connectivity index (χ0n) is 8.96. The van der Waals surface area contributed by atoms with Crippen molar-refractivity contribution in [2.45, 2.75) is 26.9 Å². The molecule has 0 heterocycles. The number of aliphatic hydroxyl groups is 1. The molecule has 0 saturated heterocycles. The third-order valence-electron chi connectivity index (χ3n) is 2.39. The average molecular weight is 196 g/mol. The van der Waals surface area contributed by atoms with Crippen molar-refractivity contribution in [3.63, 3.8) is 0 Å². The number of ether oxygens (including phenoxy) is 1. The lowest BCUT2D eigenvalue weighted by atomic mass is 9.99. The first-order valence-corrected chi connectivity index (χ1v) is 4.54. The number of aliphatic hydroxyl groups excluding tert-OH is 1. The first-order valence-electron chi connectivity index (χ1n) is 4.54. The molecule has 1 aromatic carbocycles. The fourth-order valence-corrected chi connectivity index (χ4v) is 1.63. The average Bonchev–Trinajstić information content (AvgIpc) is 2.10. The van der Waals surface area contributed by atoms with E-state index in [1.807, 2.05) is 13.0 Å². The summed E-state index contributed by atoms with van der Waals surface area (Å²) >= 11 is 0. The molecule has 0 aliphatic heterocycles. The topological polar surface area (TPSA) is 49.7 Å². The quantitative estimate of drug-likeness (QED) is 0.761. The largest absolute Gasteiger partial charge is 0.507 e. The van der Waals surface area contributed by atoms with E-state index in [-0.39, 0.29) is 5.75 Å². The molecular formula is C11H16O3. The molecule has 2 N–H and O–H groups in total. The molecule has 78 valence electrons. The number of hydrogen-bond donors (Lipinski definition) is 2. The monoisotopic (exact) mass is 196 g/mol. The van der Waals surface area contributed by atoms with Gasteiger partial charge in [0, 0.05) is 11.1 Å². The highest BCUT2D eigenvalue weighted by atomic mass is 16.5. The smallest absolute Gasteiger partial charge is 0.128 e. The van der Waals surface area contributed by atoms with Gasteiger partial charge in [-0.05, 0) is 32.4 Å². The molecule has 0 aromatic heterocycles. The molecule has 0 bridgehead atoms. The van der Waals surface area contributed by atoms with Crippen molar-refractivity contribution in [2.75, 3.05) is 7.11 Å². The Morgan fingerprint density at radius 3 is 2.36 bits per heavy atom. The molecule has 0 radical (unpaired) electrons. The van der Waals surface area contributed by atoms with E-state index < -0.39 is 6.10 Å². The van der Waals surface area contributed by atoms with Crippen molar-refractivity contribution < 1.29 is 14.9 Å². The third kappa shape index (κ3) is 1.68. The van der Waals surface area contributed by atoms with Crippen LogP contribution in [-0.4, -0.2) is 17.3 Å².